The fraction of sp³-hybridized carbons (Fsp3) is 0.588. The topological polar surface area (TPSA) is 37.3 Å². The molecule has 2 rings (SSSR count). The highest BCUT2D eigenvalue weighted by Crippen LogP contribution is 2.39. The Balaban J connectivity index is 1.96. The third-order valence-corrected chi connectivity index (χ3v) is 4.78. The predicted octanol–water partition coefficient (Wildman–Crippen LogP) is 4.88. The Morgan fingerprint density at radius 1 is 1.18 bits per heavy atom. The third kappa shape index (κ3) is 3.81. The Labute approximate surface area is 128 Å². The maximum Gasteiger partial charge on any atom is 0.306 e. The lowest BCUT2D eigenvalue weighted by molar-refractivity contribution is -0.142. The van der Waals surface area contributed by atoms with Crippen molar-refractivity contribution in [1.82, 2.24) is 0 Å². The molecule has 1 aromatic carbocycles. The zero-order chi connectivity index (χ0) is 16.3. The van der Waals surface area contributed by atoms with Gasteiger partial charge < -0.3 is 5.11 Å². The standard InChI is InChI=1S/C17H21F3O2/c1-2-11(17(21)22)7-10-3-5-12(6-4-10)13-8-14(18)16(20)15(19)9-13/h8-12H,2-7H2,1H3,(H,21,22). The minimum absolute atomic E-state index is 0.0192. The largest absolute Gasteiger partial charge is 0.481 e. The number of benzene rings is 1. The number of hydrogen-bond donors (Lipinski definition) is 1. The van der Waals surface area contributed by atoms with Gasteiger partial charge in [-0.25, -0.2) is 13.2 Å². The van der Waals surface area contributed by atoms with Crippen molar-refractivity contribution in [2.75, 3.05) is 0 Å². The second-order valence-corrected chi connectivity index (χ2v) is 6.20. The molecule has 1 aliphatic rings. The lowest BCUT2D eigenvalue weighted by Crippen LogP contribution is -2.21. The number of carboxylic acids is 1. The summed E-state index contributed by atoms with van der Waals surface area (Å²) in [5.74, 6) is -4.43. The van der Waals surface area contributed by atoms with E-state index >= 15 is 0 Å². The number of rotatable bonds is 5. The third-order valence-electron chi connectivity index (χ3n) is 4.78. The molecule has 1 atom stereocenters. The summed E-state index contributed by atoms with van der Waals surface area (Å²) in [5, 5.41) is 9.10. The predicted molar refractivity (Wildman–Crippen MR) is 77.0 cm³/mol. The van der Waals surface area contributed by atoms with Crippen molar-refractivity contribution in [2.45, 2.75) is 51.4 Å². The highest BCUT2D eigenvalue weighted by Gasteiger charge is 2.27. The fourth-order valence-corrected chi connectivity index (χ4v) is 3.39. The summed E-state index contributed by atoms with van der Waals surface area (Å²) >= 11 is 0. The molecule has 1 unspecified atom stereocenters. The van der Waals surface area contributed by atoms with Gasteiger partial charge in [0, 0.05) is 0 Å². The molecular weight excluding hydrogens is 293 g/mol. The van der Waals surface area contributed by atoms with Crippen LogP contribution < -0.4 is 0 Å². The van der Waals surface area contributed by atoms with Gasteiger partial charge in [0.2, 0.25) is 0 Å². The van der Waals surface area contributed by atoms with Crippen molar-refractivity contribution >= 4 is 5.97 Å². The first kappa shape index (κ1) is 16.8. The molecule has 0 amide bonds. The Hall–Kier alpha value is -1.52. The highest BCUT2D eigenvalue weighted by atomic mass is 19.2. The van der Waals surface area contributed by atoms with Crippen LogP contribution in [0.3, 0.4) is 0 Å². The van der Waals surface area contributed by atoms with Crippen molar-refractivity contribution in [3.05, 3.63) is 35.1 Å². The summed E-state index contributed by atoms with van der Waals surface area (Å²) in [7, 11) is 0. The van der Waals surface area contributed by atoms with E-state index in [1.54, 1.807) is 0 Å². The van der Waals surface area contributed by atoms with Crippen molar-refractivity contribution in [2.24, 2.45) is 11.8 Å². The van der Waals surface area contributed by atoms with Gasteiger partial charge in [0.25, 0.3) is 0 Å². The van der Waals surface area contributed by atoms with Crippen LogP contribution in [0.1, 0.15) is 56.9 Å². The number of hydrogen-bond acceptors (Lipinski definition) is 1. The van der Waals surface area contributed by atoms with E-state index < -0.39 is 23.4 Å². The Kier molecular flexibility index (Phi) is 5.48. The van der Waals surface area contributed by atoms with E-state index in [0.717, 1.165) is 37.8 Å². The zero-order valence-electron chi connectivity index (χ0n) is 12.6. The number of carboxylic acid groups (broad SMARTS) is 1. The van der Waals surface area contributed by atoms with Crippen LogP contribution in [0.15, 0.2) is 12.1 Å². The fourth-order valence-electron chi connectivity index (χ4n) is 3.39. The summed E-state index contributed by atoms with van der Waals surface area (Å²) in [5.41, 5.74) is 0.500. The summed E-state index contributed by atoms with van der Waals surface area (Å²) in [6.07, 6.45) is 4.47. The van der Waals surface area contributed by atoms with Crippen LogP contribution in [0.4, 0.5) is 13.2 Å². The van der Waals surface area contributed by atoms with Gasteiger partial charge in [-0.2, -0.15) is 0 Å². The molecule has 122 valence electrons. The first-order chi connectivity index (χ1) is 10.4. The first-order valence-electron chi connectivity index (χ1n) is 7.79. The van der Waals surface area contributed by atoms with E-state index in [9.17, 15) is 18.0 Å². The smallest absolute Gasteiger partial charge is 0.306 e. The van der Waals surface area contributed by atoms with Crippen LogP contribution in [-0.4, -0.2) is 11.1 Å². The number of halogens is 3. The minimum atomic E-state index is -1.43. The van der Waals surface area contributed by atoms with E-state index in [-0.39, 0.29) is 11.8 Å². The molecule has 0 heterocycles. The highest BCUT2D eigenvalue weighted by molar-refractivity contribution is 5.69. The van der Waals surface area contributed by atoms with E-state index in [4.69, 9.17) is 5.11 Å². The Morgan fingerprint density at radius 2 is 1.73 bits per heavy atom. The van der Waals surface area contributed by atoms with Crippen molar-refractivity contribution in [3.63, 3.8) is 0 Å². The van der Waals surface area contributed by atoms with Gasteiger partial charge in [-0.1, -0.05) is 6.92 Å². The Bertz CT molecular complexity index is 514. The number of carbonyl (C=O) groups is 1. The van der Waals surface area contributed by atoms with Crippen LogP contribution in [0.5, 0.6) is 0 Å². The first-order valence-corrected chi connectivity index (χ1v) is 7.79. The lowest BCUT2D eigenvalue weighted by Gasteiger charge is -2.30. The normalized spacial score (nSPS) is 23.3. The molecular formula is C17H21F3O2. The van der Waals surface area contributed by atoms with Crippen molar-refractivity contribution in [3.8, 4) is 0 Å². The molecule has 0 aromatic heterocycles. The van der Waals surface area contributed by atoms with E-state index in [2.05, 4.69) is 0 Å². The van der Waals surface area contributed by atoms with Gasteiger partial charge in [-0.15, -0.1) is 0 Å². The van der Waals surface area contributed by atoms with Crippen molar-refractivity contribution in [1.29, 1.82) is 0 Å². The summed E-state index contributed by atoms with van der Waals surface area (Å²) in [4.78, 5) is 11.1. The van der Waals surface area contributed by atoms with Gasteiger partial charge in [0.1, 0.15) is 0 Å². The average molecular weight is 314 g/mol. The van der Waals surface area contributed by atoms with Crippen LogP contribution >= 0.6 is 0 Å². The van der Waals surface area contributed by atoms with E-state index in [1.807, 2.05) is 6.92 Å². The summed E-state index contributed by atoms with van der Waals surface area (Å²) < 4.78 is 39.6. The second-order valence-electron chi connectivity index (χ2n) is 6.20. The van der Waals surface area contributed by atoms with Crippen molar-refractivity contribution < 1.29 is 23.1 Å². The zero-order valence-corrected chi connectivity index (χ0v) is 12.6. The molecule has 1 aromatic rings. The summed E-state index contributed by atoms with van der Waals surface area (Å²) in [6, 6.07) is 2.16. The van der Waals surface area contributed by atoms with Gasteiger partial charge >= 0.3 is 5.97 Å². The van der Waals surface area contributed by atoms with Crippen LogP contribution in [0.2, 0.25) is 0 Å². The van der Waals surface area contributed by atoms with Crippen LogP contribution in [0.25, 0.3) is 0 Å². The molecule has 2 nitrogen and oxygen atoms in total. The lowest BCUT2D eigenvalue weighted by atomic mass is 9.75. The van der Waals surface area contributed by atoms with Crippen LogP contribution in [0, 0.1) is 29.3 Å². The second kappa shape index (κ2) is 7.16. The SMILES string of the molecule is CCC(CC1CCC(c2cc(F)c(F)c(F)c2)CC1)C(=O)O. The molecule has 1 aliphatic carbocycles. The molecule has 0 radical (unpaired) electrons. The quantitative estimate of drug-likeness (QED) is 0.787. The van der Waals surface area contributed by atoms with Gasteiger partial charge in [0.05, 0.1) is 5.92 Å². The molecule has 0 bridgehead atoms. The van der Waals surface area contributed by atoms with Gasteiger partial charge in [-0.3, -0.25) is 4.79 Å². The Morgan fingerprint density at radius 3 is 2.18 bits per heavy atom. The van der Waals surface area contributed by atoms with Gasteiger partial charge in [0.15, 0.2) is 17.5 Å². The maximum atomic E-state index is 13.3. The summed E-state index contributed by atoms with van der Waals surface area (Å²) in [6.45, 7) is 1.87. The average Bonchev–Trinajstić information content (AvgIpc) is 2.50. The molecule has 1 saturated carbocycles. The molecule has 0 aliphatic heterocycles. The molecule has 1 N–H and O–H groups in total. The molecule has 0 spiro atoms. The van der Waals surface area contributed by atoms with Gasteiger partial charge in [-0.05, 0) is 68.1 Å². The molecule has 22 heavy (non-hydrogen) atoms. The monoisotopic (exact) mass is 314 g/mol. The van der Waals surface area contributed by atoms with E-state index in [1.165, 1.54) is 0 Å². The minimum Gasteiger partial charge on any atom is -0.481 e. The molecule has 5 heteroatoms. The van der Waals surface area contributed by atoms with E-state index in [0.29, 0.717) is 24.3 Å². The maximum absolute atomic E-state index is 13.3. The molecule has 0 saturated heterocycles. The molecule has 1 fully saturated rings. The number of aliphatic carboxylic acids is 1. The van der Waals surface area contributed by atoms with Crippen LogP contribution in [-0.2, 0) is 4.79 Å².